The first-order chi connectivity index (χ1) is 9.79. The van der Waals surface area contributed by atoms with Crippen LogP contribution in [0, 0.1) is 0 Å². The van der Waals surface area contributed by atoms with Gasteiger partial charge in [-0.3, -0.25) is 4.79 Å². The molecule has 0 aliphatic heterocycles. The third kappa shape index (κ3) is 4.43. The summed E-state index contributed by atoms with van der Waals surface area (Å²) in [6, 6.07) is 10.3. The Kier molecular flexibility index (Phi) is 5.70. The highest BCUT2D eigenvalue weighted by Crippen LogP contribution is 2.10. The normalized spacial score (nSPS) is 10.4. The first kappa shape index (κ1) is 14.7. The number of amides is 1. The van der Waals surface area contributed by atoms with Crippen molar-refractivity contribution in [3.63, 3.8) is 0 Å². The number of benzene rings is 1. The van der Waals surface area contributed by atoms with Gasteiger partial charge >= 0.3 is 0 Å². The zero-order chi connectivity index (χ0) is 14.2. The molecule has 2 aromatic rings. The Hall–Kier alpha value is -1.72. The summed E-state index contributed by atoms with van der Waals surface area (Å²) < 4.78 is 0. The minimum absolute atomic E-state index is 0.0995. The number of nitrogens with zero attached hydrogens (tertiary/aromatic N) is 1. The van der Waals surface area contributed by atoms with Crippen molar-refractivity contribution >= 4 is 17.2 Å². The third-order valence-corrected chi connectivity index (χ3v) is 3.82. The van der Waals surface area contributed by atoms with Crippen LogP contribution in [0.4, 0.5) is 0 Å². The van der Waals surface area contributed by atoms with Gasteiger partial charge in [0.15, 0.2) is 0 Å². The second kappa shape index (κ2) is 7.77. The molecular formula is C15H19N3OS. The van der Waals surface area contributed by atoms with Crippen LogP contribution in [0.3, 0.4) is 0 Å². The number of aromatic nitrogens is 1. The van der Waals surface area contributed by atoms with Crippen LogP contribution in [-0.4, -0.2) is 24.0 Å². The molecule has 0 spiro atoms. The number of nitrogens with one attached hydrogen (secondary N) is 1. The van der Waals surface area contributed by atoms with Crippen LogP contribution >= 0.6 is 11.3 Å². The Morgan fingerprint density at radius 1 is 1.25 bits per heavy atom. The van der Waals surface area contributed by atoms with Crippen LogP contribution < -0.4 is 11.1 Å². The monoisotopic (exact) mass is 289 g/mol. The van der Waals surface area contributed by atoms with E-state index < -0.39 is 0 Å². The predicted molar refractivity (Wildman–Crippen MR) is 82.0 cm³/mol. The van der Waals surface area contributed by atoms with E-state index >= 15 is 0 Å². The lowest BCUT2D eigenvalue weighted by Gasteiger charge is -2.03. The summed E-state index contributed by atoms with van der Waals surface area (Å²) in [5.41, 5.74) is 7.26. The van der Waals surface area contributed by atoms with Gasteiger partial charge in [-0.05, 0) is 24.9 Å². The van der Waals surface area contributed by atoms with Crippen molar-refractivity contribution < 1.29 is 4.79 Å². The molecule has 106 valence electrons. The van der Waals surface area contributed by atoms with E-state index in [2.05, 4.69) is 22.4 Å². The van der Waals surface area contributed by atoms with Crippen LogP contribution in [0.15, 0.2) is 35.7 Å². The van der Waals surface area contributed by atoms with Crippen molar-refractivity contribution in [2.45, 2.75) is 19.3 Å². The number of hydrogen-bond donors (Lipinski definition) is 2. The lowest BCUT2D eigenvalue weighted by molar-refractivity contribution is 0.0949. The quantitative estimate of drug-likeness (QED) is 0.766. The lowest BCUT2D eigenvalue weighted by atomic mass is 10.1. The number of aryl methyl sites for hydroxylation is 1. The summed E-state index contributed by atoms with van der Waals surface area (Å²) in [7, 11) is 0. The molecule has 2 rings (SSSR count). The number of thiazole rings is 1. The molecule has 0 saturated heterocycles. The van der Waals surface area contributed by atoms with Crippen LogP contribution in [0.25, 0.3) is 0 Å². The molecule has 1 heterocycles. The number of rotatable bonds is 7. The molecule has 0 aliphatic rings. The molecule has 1 aromatic carbocycles. The first-order valence-electron chi connectivity index (χ1n) is 6.76. The molecule has 0 fully saturated rings. The van der Waals surface area contributed by atoms with Crippen LogP contribution in [0.1, 0.15) is 27.5 Å². The van der Waals surface area contributed by atoms with E-state index in [4.69, 9.17) is 5.73 Å². The Balaban J connectivity index is 1.72. The summed E-state index contributed by atoms with van der Waals surface area (Å²) in [4.78, 5) is 16.1. The van der Waals surface area contributed by atoms with Crippen LogP contribution in [0.2, 0.25) is 0 Å². The maximum atomic E-state index is 11.9. The van der Waals surface area contributed by atoms with E-state index in [9.17, 15) is 4.79 Å². The molecule has 3 N–H and O–H groups in total. The molecule has 0 unspecified atom stereocenters. The third-order valence-electron chi connectivity index (χ3n) is 2.91. The molecule has 20 heavy (non-hydrogen) atoms. The van der Waals surface area contributed by atoms with Crippen molar-refractivity contribution in [1.29, 1.82) is 0 Å². The van der Waals surface area contributed by atoms with Crippen molar-refractivity contribution in [2.75, 3.05) is 13.1 Å². The van der Waals surface area contributed by atoms with Gasteiger partial charge in [0.1, 0.15) is 5.69 Å². The minimum atomic E-state index is -0.0995. The van der Waals surface area contributed by atoms with Crippen molar-refractivity contribution in [3.8, 4) is 0 Å². The SMILES string of the molecule is NCCc1nc(C(=O)NCCCc2ccccc2)cs1. The van der Waals surface area contributed by atoms with Gasteiger partial charge in [-0.15, -0.1) is 11.3 Å². The van der Waals surface area contributed by atoms with Gasteiger partial charge in [0.05, 0.1) is 5.01 Å². The molecule has 5 heteroatoms. The van der Waals surface area contributed by atoms with Gasteiger partial charge < -0.3 is 11.1 Å². The fourth-order valence-electron chi connectivity index (χ4n) is 1.88. The largest absolute Gasteiger partial charge is 0.351 e. The zero-order valence-corrected chi connectivity index (χ0v) is 12.2. The van der Waals surface area contributed by atoms with Crippen LogP contribution in [-0.2, 0) is 12.8 Å². The molecular weight excluding hydrogens is 270 g/mol. The average molecular weight is 289 g/mol. The highest BCUT2D eigenvalue weighted by molar-refractivity contribution is 7.09. The lowest BCUT2D eigenvalue weighted by Crippen LogP contribution is -2.25. The minimum Gasteiger partial charge on any atom is -0.351 e. The van der Waals surface area contributed by atoms with Gasteiger partial charge in [-0.2, -0.15) is 0 Å². The highest BCUT2D eigenvalue weighted by Gasteiger charge is 2.09. The smallest absolute Gasteiger partial charge is 0.270 e. The summed E-state index contributed by atoms with van der Waals surface area (Å²) in [5, 5.41) is 5.61. The van der Waals surface area contributed by atoms with E-state index in [1.54, 1.807) is 5.38 Å². The van der Waals surface area contributed by atoms with Gasteiger partial charge in [-0.1, -0.05) is 30.3 Å². The van der Waals surface area contributed by atoms with E-state index in [1.165, 1.54) is 16.9 Å². The standard InChI is InChI=1S/C15H19N3OS/c16-9-8-14-18-13(11-20-14)15(19)17-10-4-7-12-5-2-1-3-6-12/h1-3,5-6,11H,4,7-10,16H2,(H,17,19). The Bertz CT molecular complexity index is 539. The maximum absolute atomic E-state index is 11.9. The number of carbonyl (C=O) groups excluding carboxylic acids is 1. The molecule has 0 radical (unpaired) electrons. The van der Waals surface area contributed by atoms with Gasteiger partial charge in [0.2, 0.25) is 0 Å². The van der Waals surface area contributed by atoms with Gasteiger partial charge in [0.25, 0.3) is 5.91 Å². The second-order valence-electron chi connectivity index (χ2n) is 4.51. The average Bonchev–Trinajstić information content (AvgIpc) is 2.94. The van der Waals surface area contributed by atoms with Gasteiger partial charge in [-0.25, -0.2) is 4.98 Å². The maximum Gasteiger partial charge on any atom is 0.270 e. The van der Waals surface area contributed by atoms with E-state index in [0.717, 1.165) is 24.3 Å². The molecule has 1 aromatic heterocycles. The van der Waals surface area contributed by atoms with Crippen molar-refractivity contribution in [2.24, 2.45) is 5.73 Å². The van der Waals surface area contributed by atoms with Crippen LogP contribution in [0.5, 0.6) is 0 Å². The molecule has 0 aliphatic carbocycles. The van der Waals surface area contributed by atoms with Crippen molar-refractivity contribution in [1.82, 2.24) is 10.3 Å². The van der Waals surface area contributed by atoms with E-state index in [0.29, 0.717) is 18.8 Å². The van der Waals surface area contributed by atoms with E-state index in [-0.39, 0.29) is 5.91 Å². The first-order valence-corrected chi connectivity index (χ1v) is 7.64. The summed E-state index contributed by atoms with van der Waals surface area (Å²) in [6.45, 7) is 1.23. The molecule has 0 bridgehead atoms. The summed E-state index contributed by atoms with van der Waals surface area (Å²) in [5.74, 6) is -0.0995. The summed E-state index contributed by atoms with van der Waals surface area (Å²) in [6.07, 6.45) is 2.62. The molecule has 4 nitrogen and oxygen atoms in total. The van der Waals surface area contributed by atoms with Gasteiger partial charge in [0, 0.05) is 18.3 Å². The highest BCUT2D eigenvalue weighted by atomic mass is 32.1. The topological polar surface area (TPSA) is 68.0 Å². The molecule has 0 atom stereocenters. The second-order valence-corrected chi connectivity index (χ2v) is 5.45. The zero-order valence-electron chi connectivity index (χ0n) is 11.3. The van der Waals surface area contributed by atoms with E-state index in [1.807, 2.05) is 18.2 Å². The Labute approximate surface area is 123 Å². The molecule has 1 amide bonds. The Morgan fingerprint density at radius 2 is 2.05 bits per heavy atom. The number of hydrogen-bond acceptors (Lipinski definition) is 4. The summed E-state index contributed by atoms with van der Waals surface area (Å²) >= 11 is 1.49. The van der Waals surface area contributed by atoms with Crippen molar-refractivity contribution in [3.05, 3.63) is 52.0 Å². The number of carbonyl (C=O) groups is 1. The number of nitrogens with two attached hydrogens (primary N) is 1. The fourth-order valence-corrected chi connectivity index (χ4v) is 2.68. The predicted octanol–water partition coefficient (Wildman–Crippen LogP) is 2.01. The fraction of sp³-hybridized carbons (Fsp3) is 0.333. The molecule has 0 saturated carbocycles. The Morgan fingerprint density at radius 3 is 2.80 bits per heavy atom.